The van der Waals surface area contributed by atoms with Gasteiger partial charge >= 0.3 is 0 Å². The van der Waals surface area contributed by atoms with Gasteiger partial charge in [0.1, 0.15) is 0 Å². The second kappa shape index (κ2) is 6.68. The first-order valence-electron chi connectivity index (χ1n) is 9.71. The molecule has 0 bridgehead atoms. The van der Waals surface area contributed by atoms with E-state index in [1.165, 1.54) is 6.42 Å². The van der Waals surface area contributed by atoms with Crippen molar-refractivity contribution in [1.29, 1.82) is 0 Å². The molecule has 2 aromatic heterocycles. The fourth-order valence-electron chi connectivity index (χ4n) is 4.06. The number of hydrogen-bond donors (Lipinski definition) is 2. The fraction of sp³-hybridized carbons (Fsp3) is 0.217. The van der Waals surface area contributed by atoms with Crippen molar-refractivity contribution in [2.24, 2.45) is 0 Å². The molecule has 28 heavy (non-hydrogen) atoms. The lowest BCUT2D eigenvalue weighted by molar-refractivity contribution is 0.0724. The van der Waals surface area contributed by atoms with Crippen LogP contribution in [0.2, 0.25) is 0 Å². The standard InChI is InChI=1S/C23H21N3O2/c27-22-21(17-6-2-3-7-19(17)25-22)20-11-8-15-14-16(9-10-18(15)24-20)23(28)26-12-4-1-5-13-26/h2-3,6-11,14,25,27H,1,4-5,12-13H2. The number of para-hydroxylation sites is 1. The molecule has 1 aliphatic rings. The van der Waals surface area contributed by atoms with Gasteiger partial charge in [-0.25, -0.2) is 4.98 Å². The summed E-state index contributed by atoms with van der Waals surface area (Å²) in [6.45, 7) is 1.68. The van der Waals surface area contributed by atoms with Crippen LogP contribution in [0.4, 0.5) is 0 Å². The van der Waals surface area contributed by atoms with Crippen LogP contribution >= 0.6 is 0 Å². The number of benzene rings is 2. The van der Waals surface area contributed by atoms with Crippen molar-refractivity contribution in [3.05, 3.63) is 60.2 Å². The first-order valence-corrected chi connectivity index (χ1v) is 9.71. The first kappa shape index (κ1) is 16.8. The number of aromatic amines is 1. The molecule has 2 N–H and O–H groups in total. The smallest absolute Gasteiger partial charge is 0.253 e. The highest BCUT2D eigenvalue weighted by Gasteiger charge is 2.19. The largest absolute Gasteiger partial charge is 0.494 e. The van der Waals surface area contributed by atoms with E-state index in [2.05, 4.69) is 4.98 Å². The lowest BCUT2D eigenvalue weighted by Crippen LogP contribution is -2.35. The highest BCUT2D eigenvalue weighted by Crippen LogP contribution is 2.36. The number of rotatable bonds is 2. The summed E-state index contributed by atoms with van der Waals surface area (Å²) in [6.07, 6.45) is 3.37. The Bertz CT molecular complexity index is 1190. The first-order chi connectivity index (χ1) is 13.7. The molecule has 1 amide bonds. The number of aromatic hydroxyl groups is 1. The van der Waals surface area contributed by atoms with Crippen LogP contribution in [0, 0.1) is 0 Å². The van der Waals surface area contributed by atoms with Gasteiger partial charge in [0, 0.05) is 34.9 Å². The number of aromatic nitrogens is 2. The molecule has 5 nitrogen and oxygen atoms in total. The number of nitrogens with one attached hydrogen (secondary N) is 1. The van der Waals surface area contributed by atoms with Crippen LogP contribution in [-0.2, 0) is 0 Å². The van der Waals surface area contributed by atoms with E-state index < -0.39 is 0 Å². The molecule has 5 rings (SSSR count). The molecular weight excluding hydrogens is 350 g/mol. The second-order valence-corrected chi connectivity index (χ2v) is 7.35. The highest BCUT2D eigenvalue weighted by atomic mass is 16.3. The van der Waals surface area contributed by atoms with E-state index in [0.29, 0.717) is 16.8 Å². The molecule has 1 fully saturated rings. The molecule has 3 heterocycles. The maximum absolute atomic E-state index is 12.8. The summed E-state index contributed by atoms with van der Waals surface area (Å²) in [5.74, 6) is 0.213. The van der Waals surface area contributed by atoms with Gasteiger partial charge in [-0.3, -0.25) is 4.79 Å². The minimum atomic E-state index is 0.0972. The molecule has 0 aliphatic carbocycles. The number of H-pyrrole nitrogens is 1. The lowest BCUT2D eigenvalue weighted by Gasteiger charge is -2.26. The van der Waals surface area contributed by atoms with Crippen molar-refractivity contribution in [3.63, 3.8) is 0 Å². The highest BCUT2D eigenvalue weighted by molar-refractivity contribution is 6.00. The van der Waals surface area contributed by atoms with Crippen molar-refractivity contribution in [1.82, 2.24) is 14.9 Å². The molecular formula is C23H21N3O2. The molecule has 1 aliphatic heterocycles. The Kier molecular flexibility index (Phi) is 4.01. The third kappa shape index (κ3) is 2.80. The minimum absolute atomic E-state index is 0.0972. The van der Waals surface area contributed by atoms with E-state index in [4.69, 9.17) is 4.98 Å². The van der Waals surface area contributed by atoms with E-state index >= 15 is 0 Å². The zero-order valence-electron chi connectivity index (χ0n) is 15.5. The Morgan fingerprint density at radius 1 is 1.00 bits per heavy atom. The number of nitrogens with zero attached hydrogens (tertiary/aromatic N) is 2. The fourth-order valence-corrected chi connectivity index (χ4v) is 4.06. The van der Waals surface area contributed by atoms with Crippen molar-refractivity contribution in [3.8, 4) is 17.1 Å². The van der Waals surface area contributed by atoms with Crippen LogP contribution in [0.5, 0.6) is 5.88 Å². The quantitative estimate of drug-likeness (QED) is 0.536. The Balaban J connectivity index is 1.53. The number of piperidine rings is 1. The zero-order chi connectivity index (χ0) is 19.1. The van der Waals surface area contributed by atoms with E-state index in [1.807, 2.05) is 59.5 Å². The van der Waals surface area contributed by atoms with Gasteiger partial charge in [-0.2, -0.15) is 0 Å². The Hall–Kier alpha value is -3.34. The SMILES string of the molecule is O=C(c1ccc2nc(-c3c(O)[nH]c4ccccc34)ccc2c1)N1CCCCC1. The van der Waals surface area contributed by atoms with E-state index in [9.17, 15) is 9.90 Å². The van der Waals surface area contributed by atoms with Crippen LogP contribution in [0.25, 0.3) is 33.1 Å². The van der Waals surface area contributed by atoms with Gasteiger partial charge in [-0.1, -0.05) is 24.3 Å². The van der Waals surface area contributed by atoms with Gasteiger partial charge in [0.2, 0.25) is 0 Å². The Labute approximate surface area is 162 Å². The number of carbonyl (C=O) groups is 1. The predicted molar refractivity (Wildman–Crippen MR) is 110 cm³/mol. The van der Waals surface area contributed by atoms with E-state index in [1.54, 1.807) is 0 Å². The Morgan fingerprint density at radius 3 is 2.68 bits per heavy atom. The summed E-state index contributed by atoms with van der Waals surface area (Å²) in [5, 5.41) is 12.2. The van der Waals surface area contributed by atoms with Crippen molar-refractivity contribution in [2.45, 2.75) is 19.3 Å². The van der Waals surface area contributed by atoms with Crippen molar-refractivity contribution >= 4 is 27.7 Å². The monoisotopic (exact) mass is 371 g/mol. The molecule has 0 spiro atoms. The van der Waals surface area contributed by atoms with Crippen molar-refractivity contribution in [2.75, 3.05) is 13.1 Å². The number of likely N-dealkylation sites (tertiary alicyclic amines) is 1. The molecule has 0 saturated carbocycles. The van der Waals surface area contributed by atoms with Crippen molar-refractivity contribution < 1.29 is 9.90 Å². The molecule has 140 valence electrons. The second-order valence-electron chi connectivity index (χ2n) is 7.35. The number of pyridine rings is 1. The molecule has 2 aromatic carbocycles. The van der Waals surface area contributed by atoms with Crippen LogP contribution in [0.3, 0.4) is 0 Å². The molecule has 4 aromatic rings. The summed E-state index contributed by atoms with van der Waals surface area (Å²) in [4.78, 5) is 22.4. The van der Waals surface area contributed by atoms with Crippen LogP contribution in [-0.4, -0.2) is 39.0 Å². The predicted octanol–water partition coefficient (Wildman–Crippen LogP) is 4.71. The average molecular weight is 371 g/mol. The lowest BCUT2D eigenvalue weighted by atomic mass is 10.0. The third-order valence-corrected chi connectivity index (χ3v) is 5.52. The summed E-state index contributed by atoms with van der Waals surface area (Å²) < 4.78 is 0. The molecule has 5 heteroatoms. The molecule has 0 atom stereocenters. The van der Waals surface area contributed by atoms with Gasteiger partial charge < -0.3 is 15.0 Å². The van der Waals surface area contributed by atoms with Crippen LogP contribution in [0.15, 0.2) is 54.6 Å². The molecule has 1 saturated heterocycles. The summed E-state index contributed by atoms with van der Waals surface area (Å²) >= 11 is 0. The van der Waals surface area contributed by atoms with Gasteiger partial charge in [-0.15, -0.1) is 0 Å². The summed E-state index contributed by atoms with van der Waals surface area (Å²) in [7, 11) is 0. The van der Waals surface area contributed by atoms with Gasteiger partial charge in [0.25, 0.3) is 5.91 Å². The summed E-state index contributed by atoms with van der Waals surface area (Å²) in [5.41, 5.74) is 3.79. The van der Waals surface area contributed by atoms with Crippen LogP contribution < -0.4 is 0 Å². The minimum Gasteiger partial charge on any atom is -0.494 e. The maximum atomic E-state index is 12.8. The number of fused-ring (bicyclic) bond motifs is 2. The van der Waals surface area contributed by atoms with Crippen LogP contribution in [0.1, 0.15) is 29.6 Å². The van der Waals surface area contributed by atoms with E-state index in [0.717, 1.165) is 47.7 Å². The van der Waals surface area contributed by atoms with E-state index in [-0.39, 0.29) is 11.8 Å². The topological polar surface area (TPSA) is 69.2 Å². The summed E-state index contributed by atoms with van der Waals surface area (Å²) in [6, 6.07) is 17.3. The molecule has 0 unspecified atom stereocenters. The number of amides is 1. The average Bonchev–Trinajstić information content (AvgIpc) is 3.08. The third-order valence-electron chi connectivity index (χ3n) is 5.52. The van der Waals surface area contributed by atoms with Gasteiger partial charge in [-0.05, 0) is 49.6 Å². The Morgan fingerprint density at radius 2 is 1.82 bits per heavy atom. The maximum Gasteiger partial charge on any atom is 0.253 e. The molecule has 0 radical (unpaired) electrons. The van der Waals surface area contributed by atoms with Gasteiger partial charge in [0.15, 0.2) is 5.88 Å². The number of hydrogen-bond acceptors (Lipinski definition) is 3. The zero-order valence-corrected chi connectivity index (χ0v) is 15.5. The number of carbonyl (C=O) groups excluding carboxylic acids is 1. The normalized spacial score (nSPS) is 14.6. The van der Waals surface area contributed by atoms with Gasteiger partial charge in [0.05, 0.1) is 16.8 Å².